The van der Waals surface area contributed by atoms with E-state index in [-0.39, 0.29) is 5.78 Å². The zero-order chi connectivity index (χ0) is 12.0. The van der Waals surface area contributed by atoms with Gasteiger partial charge >= 0.3 is 0 Å². The van der Waals surface area contributed by atoms with E-state index in [1.54, 1.807) is 6.92 Å². The van der Waals surface area contributed by atoms with Crippen molar-refractivity contribution in [3.8, 4) is 0 Å². The molecule has 16 heavy (non-hydrogen) atoms. The van der Waals surface area contributed by atoms with E-state index in [1.165, 1.54) is 5.56 Å². The second-order valence-electron chi connectivity index (χ2n) is 3.92. The number of rotatable bonds is 5. The average Bonchev–Trinajstić information content (AvgIpc) is 2.26. The Kier molecular flexibility index (Phi) is 4.93. The van der Waals surface area contributed by atoms with Crippen LogP contribution in [0.2, 0.25) is 0 Å². The van der Waals surface area contributed by atoms with Crippen LogP contribution in [0.25, 0.3) is 6.08 Å². The van der Waals surface area contributed by atoms with Crippen LogP contribution in [0, 0.1) is 6.92 Å². The molecular formula is C14H19NO. The van der Waals surface area contributed by atoms with E-state index in [1.807, 2.05) is 32.2 Å². The maximum atomic E-state index is 11.2. The molecule has 0 atom stereocenters. The summed E-state index contributed by atoms with van der Waals surface area (Å²) in [6.07, 6.45) is 5.27. The highest BCUT2D eigenvalue weighted by Crippen LogP contribution is 2.13. The van der Waals surface area contributed by atoms with Crippen molar-refractivity contribution < 1.29 is 4.79 Å². The predicted octanol–water partition coefficient (Wildman–Crippen LogP) is 2.82. The van der Waals surface area contributed by atoms with Gasteiger partial charge in [0.05, 0.1) is 0 Å². The number of hydrogen-bond acceptors (Lipinski definition) is 2. The van der Waals surface area contributed by atoms with Crippen molar-refractivity contribution in [3.05, 3.63) is 41.0 Å². The van der Waals surface area contributed by atoms with E-state index in [2.05, 4.69) is 17.5 Å². The Balaban J connectivity index is 2.75. The van der Waals surface area contributed by atoms with Gasteiger partial charge in [-0.1, -0.05) is 24.3 Å². The van der Waals surface area contributed by atoms with E-state index >= 15 is 0 Å². The van der Waals surface area contributed by atoms with Crippen LogP contribution in [0.1, 0.15) is 34.8 Å². The molecule has 1 N–H and O–H groups in total. The quantitative estimate of drug-likeness (QED) is 0.607. The van der Waals surface area contributed by atoms with E-state index in [0.717, 1.165) is 24.1 Å². The molecule has 1 aromatic rings. The fourth-order valence-corrected chi connectivity index (χ4v) is 1.52. The third-order valence-electron chi connectivity index (χ3n) is 2.53. The SMILES string of the molecule is CNCCC=Cc1ccc(C(C)=O)cc1C. The number of Topliss-reactive ketones (excluding diaryl/α,β-unsaturated/α-hetero) is 1. The van der Waals surface area contributed by atoms with Crippen LogP contribution in [0.3, 0.4) is 0 Å². The summed E-state index contributed by atoms with van der Waals surface area (Å²) in [5, 5.41) is 3.10. The van der Waals surface area contributed by atoms with Gasteiger partial charge in [0.1, 0.15) is 0 Å². The van der Waals surface area contributed by atoms with Gasteiger partial charge in [-0.25, -0.2) is 0 Å². The molecule has 0 aliphatic rings. The van der Waals surface area contributed by atoms with Gasteiger partial charge < -0.3 is 5.32 Å². The molecule has 86 valence electrons. The summed E-state index contributed by atoms with van der Waals surface area (Å²) in [5.41, 5.74) is 3.11. The highest BCUT2D eigenvalue weighted by atomic mass is 16.1. The van der Waals surface area contributed by atoms with Gasteiger partial charge in [-0.05, 0) is 51.1 Å². The van der Waals surface area contributed by atoms with Crippen molar-refractivity contribution in [1.82, 2.24) is 5.32 Å². The average molecular weight is 217 g/mol. The molecule has 0 aromatic heterocycles. The molecule has 0 aliphatic heterocycles. The van der Waals surface area contributed by atoms with Gasteiger partial charge in [0.15, 0.2) is 5.78 Å². The highest BCUT2D eigenvalue weighted by molar-refractivity contribution is 5.94. The largest absolute Gasteiger partial charge is 0.319 e. The zero-order valence-electron chi connectivity index (χ0n) is 10.2. The van der Waals surface area contributed by atoms with Crippen molar-refractivity contribution in [2.45, 2.75) is 20.3 Å². The number of aryl methyl sites for hydroxylation is 1. The normalized spacial score (nSPS) is 10.9. The van der Waals surface area contributed by atoms with Gasteiger partial charge in [0, 0.05) is 5.56 Å². The second kappa shape index (κ2) is 6.23. The summed E-state index contributed by atoms with van der Waals surface area (Å²) >= 11 is 0. The summed E-state index contributed by atoms with van der Waals surface area (Å²) in [4.78, 5) is 11.2. The van der Waals surface area contributed by atoms with Crippen LogP contribution < -0.4 is 5.32 Å². The molecule has 1 rings (SSSR count). The fourth-order valence-electron chi connectivity index (χ4n) is 1.52. The van der Waals surface area contributed by atoms with Crippen molar-refractivity contribution in [2.24, 2.45) is 0 Å². The predicted molar refractivity (Wildman–Crippen MR) is 68.8 cm³/mol. The first kappa shape index (κ1) is 12.7. The Labute approximate surface area is 97.4 Å². The third kappa shape index (κ3) is 3.63. The first-order valence-electron chi connectivity index (χ1n) is 5.58. The van der Waals surface area contributed by atoms with Crippen LogP contribution in [-0.4, -0.2) is 19.4 Å². The van der Waals surface area contributed by atoms with Gasteiger partial charge in [-0.3, -0.25) is 4.79 Å². The van der Waals surface area contributed by atoms with Crippen LogP contribution in [0.15, 0.2) is 24.3 Å². The topological polar surface area (TPSA) is 29.1 Å². The molecule has 0 heterocycles. The van der Waals surface area contributed by atoms with Crippen molar-refractivity contribution in [2.75, 3.05) is 13.6 Å². The number of nitrogens with one attached hydrogen (secondary N) is 1. The Morgan fingerprint density at radius 2 is 2.19 bits per heavy atom. The maximum absolute atomic E-state index is 11.2. The molecule has 1 aromatic carbocycles. The maximum Gasteiger partial charge on any atom is 0.159 e. The Bertz CT molecular complexity index is 394. The number of ketones is 1. The number of hydrogen-bond donors (Lipinski definition) is 1. The van der Waals surface area contributed by atoms with Crippen LogP contribution in [-0.2, 0) is 0 Å². The number of benzene rings is 1. The lowest BCUT2D eigenvalue weighted by Gasteiger charge is -2.02. The summed E-state index contributed by atoms with van der Waals surface area (Å²) in [5.74, 6) is 0.119. The molecule has 0 bridgehead atoms. The van der Waals surface area contributed by atoms with Gasteiger partial charge in [0.2, 0.25) is 0 Å². The zero-order valence-corrected chi connectivity index (χ0v) is 10.2. The number of carbonyl (C=O) groups is 1. The van der Waals surface area contributed by atoms with Crippen LogP contribution >= 0.6 is 0 Å². The first-order chi connectivity index (χ1) is 7.65. The lowest BCUT2D eigenvalue weighted by atomic mass is 10.0. The van der Waals surface area contributed by atoms with Crippen molar-refractivity contribution in [3.63, 3.8) is 0 Å². The van der Waals surface area contributed by atoms with Crippen LogP contribution in [0.5, 0.6) is 0 Å². The molecule has 0 fully saturated rings. The van der Waals surface area contributed by atoms with Gasteiger partial charge in [-0.15, -0.1) is 0 Å². The lowest BCUT2D eigenvalue weighted by Crippen LogP contribution is -2.05. The van der Waals surface area contributed by atoms with E-state index < -0.39 is 0 Å². The van der Waals surface area contributed by atoms with Crippen molar-refractivity contribution in [1.29, 1.82) is 0 Å². The fraction of sp³-hybridized carbons (Fsp3) is 0.357. The van der Waals surface area contributed by atoms with Crippen molar-refractivity contribution >= 4 is 11.9 Å². The van der Waals surface area contributed by atoms with E-state index in [4.69, 9.17) is 0 Å². The molecular weight excluding hydrogens is 198 g/mol. The van der Waals surface area contributed by atoms with Crippen LogP contribution in [0.4, 0.5) is 0 Å². The highest BCUT2D eigenvalue weighted by Gasteiger charge is 2.00. The van der Waals surface area contributed by atoms with Gasteiger partial charge in [0.25, 0.3) is 0 Å². The first-order valence-corrected chi connectivity index (χ1v) is 5.58. The summed E-state index contributed by atoms with van der Waals surface area (Å²) in [7, 11) is 1.95. The summed E-state index contributed by atoms with van der Waals surface area (Å²) in [6, 6.07) is 5.83. The molecule has 2 heteroatoms. The van der Waals surface area contributed by atoms with Gasteiger partial charge in [-0.2, -0.15) is 0 Å². The minimum absolute atomic E-state index is 0.119. The summed E-state index contributed by atoms with van der Waals surface area (Å²) in [6.45, 7) is 4.61. The molecule has 0 spiro atoms. The molecule has 0 radical (unpaired) electrons. The minimum Gasteiger partial charge on any atom is -0.319 e. The number of carbonyl (C=O) groups excluding carboxylic acids is 1. The smallest absolute Gasteiger partial charge is 0.159 e. The lowest BCUT2D eigenvalue weighted by molar-refractivity contribution is 0.101. The standard InChI is InChI=1S/C14H19NO/c1-11-10-14(12(2)16)8-7-13(11)6-4-5-9-15-3/h4,6-8,10,15H,5,9H2,1-3H3. The second-order valence-corrected chi connectivity index (χ2v) is 3.92. The molecule has 0 amide bonds. The third-order valence-corrected chi connectivity index (χ3v) is 2.53. The van der Waals surface area contributed by atoms with E-state index in [9.17, 15) is 4.79 Å². The Morgan fingerprint density at radius 1 is 1.44 bits per heavy atom. The Morgan fingerprint density at radius 3 is 2.75 bits per heavy atom. The molecule has 2 nitrogen and oxygen atoms in total. The Hall–Kier alpha value is -1.41. The summed E-state index contributed by atoms with van der Waals surface area (Å²) < 4.78 is 0. The minimum atomic E-state index is 0.119. The molecule has 0 aliphatic carbocycles. The monoisotopic (exact) mass is 217 g/mol. The molecule has 0 saturated carbocycles. The molecule has 0 saturated heterocycles. The van der Waals surface area contributed by atoms with E-state index in [0.29, 0.717) is 0 Å². The molecule has 0 unspecified atom stereocenters.